The number of para-hydroxylation sites is 1. The van der Waals surface area contributed by atoms with Crippen LogP contribution in [0.1, 0.15) is 18.1 Å². The first-order chi connectivity index (χ1) is 5.79. The van der Waals surface area contributed by atoms with Crippen LogP contribution >= 0.6 is 0 Å². The van der Waals surface area contributed by atoms with Crippen LogP contribution in [0.4, 0.5) is 0 Å². The smallest absolute Gasteiger partial charge is 0.122 e. The van der Waals surface area contributed by atoms with E-state index in [1.165, 1.54) is 0 Å². The van der Waals surface area contributed by atoms with Crippen molar-refractivity contribution in [3.63, 3.8) is 0 Å². The monoisotopic (exact) mass is 166 g/mol. The van der Waals surface area contributed by atoms with E-state index in [0.717, 1.165) is 17.5 Å². The maximum absolute atomic E-state index is 9.61. The first kappa shape index (κ1) is 9.07. The SMILES string of the molecule is CCc1cccc(CCO)c1O. The highest BCUT2D eigenvalue weighted by Gasteiger charge is 2.03. The van der Waals surface area contributed by atoms with Gasteiger partial charge in [-0.1, -0.05) is 25.1 Å². The van der Waals surface area contributed by atoms with Gasteiger partial charge in [0.1, 0.15) is 5.75 Å². The maximum Gasteiger partial charge on any atom is 0.122 e. The van der Waals surface area contributed by atoms with Crippen LogP contribution in [0, 0.1) is 0 Å². The van der Waals surface area contributed by atoms with E-state index in [1.807, 2.05) is 25.1 Å². The zero-order valence-electron chi connectivity index (χ0n) is 7.25. The molecule has 0 saturated carbocycles. The second kappa shape index (κ2) is 4.12. The van der Waals surface area contributed by atoms with Crippen molar-refractivity contribution in [2.75, 3.05) is 6.61 Å². The second-order valence-corrected chi connectivity index (χ2v) is 2.75. The van der Waals surface area contributed by atoms with Gasteiger partial charge in [0.05, 0.1) is 0 Å². The molecule has 0 fully saturated rings. The Morgan fingerprint density at radius 1 is 1.25 bits per heavy atom. The van der Waals surface area contributed by atoms with Crippen molar-refractivity contribution in [1.29, 1.82) is 0 Å². The molecular weight excluding hydrogens is 152 g/mol. The topological polar surface area (TPSA) is 40.5 Å². The fraction of sp³-hybridized carbons (Fsp3) is 0.400. The van der Waals surface area contributed by atoms with Gasteiger partial charge >= 0.3 is 0 Å². The molecule has 0 heterocycles. The second-order valence-electron chi connectivity index (χ2n) is 2.75. The molecule has 2 N–H and O–H groups in total. The lowest BCUT2D eigenvalue weighted by Gasteiger charge is -2.06. The van der Waals surface area contributed by atoms with Crippen molar-refractivity contribution < 1.29 is 10.2 Å². The van der Waals surface area contributed by atoms with Gasteiger partial charge in [-0.05, 0) is 24.0 Å². The van der Waals surface area contributed by atoms with Crippen LogP contribution in [0.3, 0.4) is 0 Å². The highest BCUT2D eigenvalue weighted by Crippen LogP contribution is 2.22. The summed E-state index contributed by atoms with van der Waals surface area (Å²) in [4.78, 5) is 0. The average molecular weight is 166 g/mol. The number of aryl methyl sites for hydroxylation is 1. The number of rotatable bonds is 3. The van der Waals surface area contributed by atoms with E-state index in [2.05, 4.69) is 0 Å². The first-order valence-corrected chi connectivity index (χ1v) is 4.20. The molecular formula is C10H14O2. The summed E-state index contributed by atoms with van der Waals surface area (Å²) in [5, 5.41) is 18.3. The van der Waals surface area contributed by atoms with E-state index in [0.29, 0.717) is 12.2 Å². The van der Waals surface area contributed by atoms with E-state index in [4.69, 9.17) is 5.11 Å². The molecule has 66 valence electrons. The van der Waals surface area contributed by atoms with Gasteiger partial charge in [-0.3, -0.25) is 0 Å². The molecule has 0 unspecified atom stereocenters. The Kier molecular flexibility index (Phi) is 3.11. The number of phenols is 1. The van der Waals surface area contributed by atoms with E-state index in [1.54, 1.807) is 0 Å². The highest BCUT2D eigenvalue weighted by molar-refractivity contribution is 5.40. The number of aliphatic hydroxyl groups is 1. The minimum Gasteiger partial charge on any atom is -0.507 e. The van der Waals surface area contributed by atoms with Gasteiger partial charge in [0.25, 0.3) is 0 Å². The van der Waals surface area contributed by atoms with E-state index >= 15 is 0 Å². The third-order valence-electron chi connectivity index (χ3n) is 1.97. The first-order valence-electron chi connectivity index (χ1n) is 4.20. The molecule has 0 aliphatic rings. The highest BCUT2D eigenvalue weighted by atomic mass is 16.3. The van der Waals surface area contributed by atoms with Gasteiger partial charge in [0.2, 0.25) is 0 Å². The van der Waals surface area contributed by atoms with Crippen LogP contribution in [0.2, 0.25) is 0 Å². The molecule has 0 spiro atoms. The minimum absolute atomic E-state index is 0.0841. The lowest BCUT2D eigenvalue weighted by molar-refractivity contribution is 0.297. The van der Waals surface area contributed by atoms with Gasteiger partial charge < -0.3 is 10.2 Å². The summed E-state index contributed by atoms with van der Waals surface area (Å²) < 4.78 is 0. The van der Waals surface area contributed by atoms with Gasteiger partial charge in [0, 0.05) is 6.61 Å². The lowest BCUT2D eigenvalue weighted by atomic mass is 10.0. The predicted molar refractivity (Wildman–Crippen MR) is 48.3 cm³/mol. The van der Waals surface area contributed by atoms with Crippen LogP contribution in [-0.2, 0) is 12.8 Å². The van der Waals surface area contributed by atoms with Gasteiger partial charge in [-0.2, -0.15) is 0 Å². The summed E-state index contributed by atoms with van der Waals surface area (Å²) in [6, 6.07) is 5.64. The molecule has 0 aliphatic carbocycles. The summed E-state index contributed by atoms with van der Waals surface area (Å²) in [5.74, 6) is 0.342. The minimum atomic E-state index is 0.0841. The Morgan fingerprint density at radius 3 is 2.50 bits per heavy atom. The molecule has 0 amide bonds. The van der Waals surface area contributed by atoms with Gasteiger partial charge in [0.15, 0.2) is 0 Å². The summed E-state index contributed by atoms with van der Waals surface area (Å²) >= 11 is 0. The zero-order chi connectivity index (χ0) is 8.97. The number of hydrogen-bond acceptors (Lipinski definition) is 2. The molecule has 0 bridgehead atoms. The number of aliphatic hydroxyl groups excluding tert-OH is 1. The van der Waals surface area contributed by atoms with Crippen molar-refractivity contribution in [2.24, 2.45) is 0 Å². The molecule has 2 nitrogen and oxygen atoms in total. The number of aromatic hydroxyl groups is 1. The Balaban J connectivity index is 2.97. The van der Waals surface area contributed by atoms with Crippen LogP contribution in [-0.4, -0.2) is 16.8 Å². The molecule has 0 saturated heterocycles. The largest absolute Gasteiger partial charge is 0.507 e. The van der Waals surface area contributed by atoms with Crippen molar-refractivity contribution in [1.82, 2.24) is 0 Å². The molecule has 1 aromatic carbocycles. The number of hydrogen-bond donors (Lipinski definition) is 2. The summed E-state index contributed by atoms with van der Waals surface area (Å²) in [6.45, 7) is 2.08. The van der Waals surface area contributed by atoms with E-state index < -0.39 is 0 Å². The van der Waals surface area contributed by atoms with Gasteiger partial charge in [-0.15, -0.1) is 0 Å². The molecule has 12 heavy (non-hydrogen) atoms. The fourth-order valence-electron chi connectivity index (χ4n) is 1.25. The molecule has 1 rings (SSSR count). The average Bonchev–Trinajstić information content (AvgIpc) is 2.09. The molecule has 0 atom stereocenters. The van der Waals surface area contributed by atoms with Crippen LogP contribution in [0.15, 0.2) is 18.2 Å². The zero-order valence-corrected chi connectivity index (χ0v) is 7.25. The van der Waals surface area contributed by atoms with E-state index in [9.17, 15) is 5.11 Å². The molecule has 2 heteroatoms. The predicted octanol–water partition coefficient (Wildman–Crippen LogP) is 1.49. The van der Waals surface area contributed by atoms with Crippen LogP contribution in [0.5, 0.6) is 5.75 Å². The van der Waals surface area contributed by atoms with Crippen molar-refractivity contribution in [2.45, 2.75) is 19.8 Å². The standard InChI is InChI=1S/C10H14O2/c1-2-8-4-3-5-9(6-7-11)10(8)12/h3-5,11-12H,2,6-7H2,1H3. The van der Waals surface area contributed by atoms with Crippen molar-refractivity contribution >= 4 is 0 Å². The Hall–Kier alpha value is -1.02. The molecule has 1 aromatic rings. The summed E-state index contributed by atoms with van der Waals surface area (Å²) in [6.07, 6.45) is 1.35. The van der Waals surface area contributed by atoms with Crippen LogP contribution in [0.25, 0.3) is 0 Å². The summed E-state index contributed by atoms with van der Waals surface area (Å²) in [5.41, 5.74) is 1.78. The Labute approximate surface area is 72.5 Å². The van der Waals surface area contributed by atoms with Gasteiger partial charge in [-0.25, -0.2) is 0 Å². The van der Waals surface area contributed by atoms with Crippen LogP contribution < -0.4 is 0 Å². The summed E-state index contributed by atoms with van der Waals surface area (Å²) in [7, 11) is 0. The fourth-order valence-corrected chi connectivity index (χ4v) is 1.25. The Morgan fingerprint density at radius 2 is 1.92 bits per heavy atom. The lowest BCUT2D eigenvalue weighted by Crippen LogP contribution is -1.93. The third-order valence-corrected chi connectivity index (χ3v) is 1.97. The van der Waals surface area contributed by atoms with Crippen molar-refractivity contribution in [3.05, 3.63) is 29.3 Å². The van der Waals surface area contributed by atoms with E-state index in [-0.39, 0.29) is 6.61 Å². The molecule has 0 aromatic heterocycles. The molecule has 0 aliphatic heterocycles. The number of phenolic OH excluding ortho intramolecular Hbond substituents is 1. The van der Waals surface area contributed by atoms with Crippen molar-refractivity contribution in [3.8, 4) is 5.75 Å². The maximum atomic E-state index is 9.61. The quantitative estimate of drug-likeness (QED) is 0.714. The molecule has 0 radical (unpaired) electrons. The Bertz CT molecular complexity index is 256. The third kappa shape index (κ3) is 1.77. The number of benzene rings is 1. The normalized spacial score (nSPS) is 10.2.